The molecule has 4 rings (SSSR count). The van der Waals surface area contributed by atoms with E-state index in [9.17, 15) is 9.90 Å². The van der Waals surface area contributed by atoms with Gasteiger partial charge in [-0.25, -0.2) is 4.79 Å². The lowest BCUT2D eigenvalue weighted by Gasteiger charge is -2.36. The number of benzene rings is 2. The van der Waals surface area contributed by atoms with Gasteiger partial charge in [0.1, 0.15) is 5.75 Å². The molecule has 1 aliphatic heterocycles. The number of aromatic hydroxyl groups is 1. The molecule has 1 amide bonds. The van der Waals surface area contributed by atoms with Gasteiger partial charge in [0.05, 0.1) is 5.69 Å². The first kappa shape index (κ1) is 28.2. The van der Waals surface area contributed by atoms with Gasteiger partial charge < -0.3 is 19.7 Å². The number of phenolic OH excluding ortho intramolecular Hbond substituents is 1. The van der Waals surface area contributed by atoms with E-state index in [0.717, 1.165) is 55.2 Å². The fourth-order valence-electron chi connectivity index (χ4n) is 5.16. The van der Waals surface area contributed by atoms with Crippen molar-refractivity contribution in [3.8, 4) is 11.4 Å². The third-order valence-electron chi connectivity index (χ3n) is 7.29. The van der Waals surface area contributed by atoms with E-state index in [2.05, 4.69) is 80.9 Å². The van der Waals surface area contributed by atoms with Crippen molar-refractivity contribution in [3.63, 3.8) is 0 Å². The molecule has 0 saturated carbocycles. The second-order valence-electron chi connectivity index (χ2n) is 12.4. The third-order valence-corrected chi connectivity index (χ3v) is 7.29. The molecule has 0 radical (unpaired) electrons. The minimum atomic E-state index is -1.25. The highest BCUT2D eigenvalue weighted by atomic mass is 16.4. The first-order valence-electron chi connectivity index (χ1n) is 13.4. The summed E-state index contributed by atoms with van der Waals surface area (Å²) in [4.78, 5) is 15.8. The molecule has 1 aromatic heterocycles. The zero-order valence-corrected chi connectivity index (χ0v) is 23.9. The molecule has 0 spiro atoms. The Hall–Kier alpha value is -3.78. The van der Waals surface area contributed by atoms with Gasteiger partial charge in [-0.05, 0) is 63.9 Å². The number of aromatic nitrogens is 1. The Kier molecular flexibility index (Phi) is 7.80. The summed E-state index contributed by atoms with van der Waals surface area (Å²) < 4.78 is 1.80. The van der Waals surface area contributed by atoms with Crippen molar-refractivity contribution in [3.05, 3.63) is 77.1 Å². The molecule has 8 nitrogen and oxygen atoms in total. The molecule has 3 aromatic rings. The van der Waals surface area contributed by atoms with Crippen LogP contribution in [-0.2, 0) is 17.4 Å². The van der Waals surface area contributed by atoms with Crippen LogP contribution in [0.1, 0.15) is 63.9 Å². The van der Waals surface area contributed by atoms with Gasteiger partial charge in [0.25, 0.3) is 0 Å². The molecule has 2 aromatic carbocycles. The van der Waals surface area contributed by atoms with E-state index in [0.29, 0.717) is 11.4 Å². The van der Waals surface area contributed by atoms with Gasteiger partial charge in [-0.3, -0.25) is 15.6 Å². The van der Waals surface area contributed by atoms with Crippen LogP contribution in [0.3, 0.4) is 0 Å². The molecule has 1 saturated heterocycles. The van der Waals surface area contributed by atoms with Gasteiger partial charge >= 0.3 is 6.09 Å². The molecule has 0 atom stereocenters. The monoisotopic (exact) mass is 531 g/mol. The molecular formula is C31H41N5O3. The average molecular weight is 532 g/mol. The highest BCUT2D eigenvalue weighted by Crippen LogP contribution is 2.40. The Morgan fingerprint density at radius 3 is 1.95 bits per heavy atom. The Morgan fingerprint density at radius 2 is 1.44 bits per heavy atom. The Morgan fingerprint density at radius 1 is 0.897 bits per heavy atom. The van der Waals surface area contributed by atoms with E-state index in [4.69, 9.17) is 10.5 Å². The number of carbonyl (C=O) groups is 1. The minimum Gasteiger partial charge on any atom is -0.507 e. The molecule has 1 fully saturated rings. The van der Waals surface area contributed by atoms with Gasteiger partial charge in [0, 0.05) is 50.3 Å². The first-order chi connectivity index (χ1) is 18.2. The summed E-state index contributed by atoms with van der Waals surface area (Å²) in [5.41, 5.74) is 5.46. The first-order valence-corrected chi connectivity index (χ1v) is 13.4. The lowest BCUT2D eigenvalue weighted by Crippen LogP contribution is -2.46. The second-order valence-corrected chi connectivity index (χ2v) is 12.4. The molecule has 39 heavy (non-hydrogen) atoms. The molecule has 0 aliphatic carbocycles. The number of carboxylic acid groups (broad SMARTS) is 1. The zero-order chi connectivity index (χ0) is 28.5. The SMILES string of the molecule is CC(C)(C)c1cc(CN2CCN(c3ccc(-n4cccc4C(=N)NC(=O)O)cc3)CC2)cc(C(C)(C)C)c1O. The van der Waals surface area contributed by atoms with Gasteiger partial charge in [-0.15, -0.1) is 0 Å². The fraction of sp³-hybridized carbons (Fsp3) is 0.419. The van der Waals surface area contributed by atoms with Crippen LogP contribution in [-0.4, -0.2) is 57.8 Å². The summed E-state index contributed by atoms with van der Waals surface area (Å²) in [7, 11) is 0. The van der Waals surface area contributed by atoms with Crippen molar-refractivity contribution < 1.29 is 15.0 Å². The second kappa shape index (κ2) is 10.8. The standard InChI is InChI=1S/C31H41N5O3/c1-30(2,3)24-18-21(19-25(27(24)37)31(4,5)6)20-34-14-16-35(17-15-34)22-9-11-23(12-10-22)36-13-7-8-26(36)28(32)33-29(38)39/h7-13,18-19,37H,14-17,20H2,1-6H3,(H2,32,33)(H,38,39). The number of hydrogen-bond acceptors (Lipinski definition) is 5. The number of nitrogens with zero attached hydrogens (tertiary/aromatic N) is 3. The van der Waals surface area contributed by atoms with Crippen LogP contribution >= 0.6 is 0 Å². The lowest BCUT2D eigenvalue weighted by atomic mass is 9.78. The largest absolute Gasteiger partial charge is 0.507 e. The number of phenols is 1. The van der Waals surface area contributed by atoms with Crippen LogP contribution in [0, 0.1) is 5.41 Å². The number of piperazine rings is 1. The van der Waals surface area contributed by atoms with Crippen molar-refractivity contribution in [1.82, 2.24) is 14.8 Å². The Balaban J connectivity index is 1.43. The maximum absolute atomic E-state index is 11.0. The summed E-state index contributed by atoms with van der Waals surface area (Å²) in [6.07, 6.45) is 0.567. The number of nitrogens with one attached hydrogen (secondary N) is 2. The molecule has 8 heteroatoms. The van der Waals surface area contributed by atoms with Crippen molar-refractivity contribution in [2.24, 2.45) is 0 Å². The lowest BCUT2D eigenvalue weighted by molar-refractivity contribution is 0.200. The predicted octanol–water partition coefficient (Wildman–Crippen LogP) is 5.69. The van der Waals surface area contributed by atoms with Crippen LogP contribution < -0.4 is 10.2 Å². The summed E-state index contributed by atoms with van der Waals surface area (Å²) in [5.74, 6) is 0.264. The van der Waals surface area contributed by atoms with Crippen LogP contribution in [0.15, 0.2) is 54.7 Å². The van der Waals surface area contributed by atoms with E-state index in [1.54, 1.807) is 16.7 Å². The minimum absolute atomic E-state index is 0.139. The van der Waals surface area contributed by atoms with E-state index < -0.39 is 6.09 Å². The van der Waals surface area contributed by atoms with E-state index >= 15 is 0 Å². The summed E-state index contributed by atoms with van der Waals surface area (Å²) in [6, 6.07) is 16.0. The summed E-state index contributed by atoms with van der Waals surface area (Å²) in [6.45, 7) is 17.5. The Bertz CT molecular complexity index is 1300. The number of amidine groups is 1. The molecule has 0 unspecified atom stereocenters. The average Bonchev–Trinajstić information content (AvgIpc) is 3.34. The zero-order valence-electron chi connectivity index (χ0n) is 23.9. The van der Waals surface area contributed by atoms with Crippen molar-refractivity contribution in [2.45, 2.75) is 58.9 Å². The predicted molar refractivity (Wildman–Crippen MR) is 157 cm³/mol. The van der Waals surface area contributed by atoms with Gasteiger partial charge in [0.15, 0.2) is 5.84 Å². The highest BCUT2D eigenvalue weighted by molar-refractivity contribution is 6.03. The number of anilines is 1. The normalized spacial score (nSPS) is 14.9. The van der Waals surface area contributed by atoms with Crippen molar-refractivity contribution >= 4 is 17.6 Å². The van der Waals surface area contributed by atoms with E-state index in [-0.39, 0.29) is 16.7 Å². The van der Waals surface area contributed by atoms with Crippen LogP contribution in [0.25, 0.3) is 5.69 Å². The smallest absolute Gasteiger partial charge is 0.410 e. The molecule has 0 bridgehead atoms. The van der Waals surface area contributed by atoms with Crippen LogP contribution in [0.5, 0.6) is 5.75 Å². The van der Waals surface area contributed by atoms with Gasteiger partial charge in [-0.1, -0.05) is 53.7 Å². The maximum Gasteiger partial charge on any atom is 0.410 e. The molecule has 1 aliphatic rings. The van der Waals surface area contributed by atoms with Crippen molar-refractivity contribution in [1.29, 1.82) is 5.41 Å². The molecule has 4 N–H and O–H groups in total. The van der Waals surface area contributed by atoms with Gasteiger partial charge in [-0.2, -0.15) is 0 Å². The number of rotatable bonds is 5. The fourth-order valence-corrected chi connectivity index (χ4v) is 5.16. The number of hydrogen-bond donors (Lipinski definition) is 4. The molecule has 2 heterocycles. The van der Waals surface area contributed by atoms with Crippen LogP contribution in [0.4, 0.5) is 10.5 Å². The topological polar surface area (TPSA) is 105 Å². The summed E-state index contributed by atoms with van der Waals surface area (Å²) >= 11 is 0. The number of amides is 1. The maximum atomic E-state index is 11.0. The summed E-state index contributed by atoms with van der Waals surface area (Å²) in [5, 5.41) is 30.1. The van der Waals surface area contributed by atoms with Gasteiger partial charge in [0.2, 0.25) is 0 Å². The van der Waals surface area contributed by atoms with E-state index in [1.807, 2.05) is 18.3 Å². The van der Waals surface area contributed by atoms with Crippen molar-refractivity contribution in [2.75, 3.05) is 31.1 Å². The molecule has 208 valence electrons. The highest BCUT2D eigenvalue weighted by Gasteiger charge is 2.27. The quantitative estimate of drug-likeness (QED) is 0.250. The van der Waals surface area contributed by atoms with Crippen LogP contribution in [0.2, 0.25) is 0 Å². The molecular weight excluding hydrogens is 490 g/mol. The Labute approximate surface area is 231 Å². The third kappa shape index (κ3) is 6.45. The van der Waals surface area contributed by atoms with E-state index in [1.165, 1.54) is 5.56 Å².